The van der Waals surface area contributed by atoms with Crippen LogP contribution in [0, 0.1) is 18.8 Å². The standard InChI is InChI=1S/C16H23F3N2/c1-11-6-7-14(21-10-11)9-15(20-2)12-4-3-5-13(8-12)16(17,18)19/h6-7,10,12-13,15,20H,3-5,8-9H2,1-2H3. The normalized spacial score (nSPS) is 24.8. The fourth-order valence-corrected chi connectivity index (χ4v) is 3.24. The Morgan fingerprint density at radius 2 is 2.10 bits per heavy atom. The van der Waals surface area contributed by atoms with Crippen LogP contribution in [0.5, 0.6) is 0 Å². The summed E-state index contributed by atoms with van der Waals surface area (Å²) < 4.78 is 38.8. The van der Waals surface area contributed by atoms with Crippen molar-refractivity contribution in [2.24, 2.45) is 11.8 Å². The van der Waals surface area contributed by atoms with E-state index in [0.717, 1.165) is 17.7 Å². The number of likely N-dealkylation sites (N-methyl/N-ethyl adjacent to an activating group) is 1. The van der Waals surface area contributed by atoms with Crippen LogP contribution in [0.2, 0.25) is 0 Å². The summed E-state index contributed by atoms with van der Waals surface area (Å²) in [5.41, 5.74) is 2.03. The highest BCUT2D eigenvalue weighted by Crippen LogP contribution is 2.41. The van der Waals surface area contributed by atoms with Crippen LogP contribution in [0.3, 0.4) is 0 Å². The summed E-state index contributed by atoms with van der Waals surface area (Å²) in [4.78, 5) is 4.37. The van der Waals surface area contributed by atoms with Gasteiger partial charge in [0.15, 0.2) is 0 Å². The zero-order chi connectivity index (χ0) is 15.5. The van der Waals surface area contributed by atoms with Gasteiger partial charge in [0.25, 0.3) is 0 Å². The molecule has 1 fully saturated rings. The smallest absolute Gasteiger partial charge is 0.316 e. The molecule has 2 nitrogen and oxygen atoms in total. The van der Waals surface area contributed by atoms with Gasteiger partial charge in [0, 0.05) is 24.4 Å². The zero-order valence-corrected chi connectivity index (χ0v) is 12.6. The molecule has 1 saturated carbocycles. The molecular weight excluding hydrogens is 277 g/mol. The Morgan fingerprint density at radius 1 is 1.33 bits per heavy atom. The van der Waals surface area contributed by atoms with Crippen LogP contribution in [0.4, 0.5) is 13.2 Å². The van der Waals surface area contributed by atoms with Gasteiger partial charge in [-0.05, 0) is 50.8 Å². The van der Waals surface area contributed by atoms with Gasteiger partial charge in [-0.25, -0.2) is 0 Å². The molecule has 2 rings (SSSR count). The number of nitrogens with zero attached hydrogens (tertiary/aromatic N) is 1. The summed E-state index contributed by atoms with van der Waals surface area (Å²) in [6.45, 7) is 1.97. The Labute approximate surface area is 124 Å². The van der Waals surface area contributed by atoms with Gasteiger partial charge in [-0.1, -0.05) is 12.5 Å². The predicted octanol–water partition coefficient (Wildman–Crippen LogP) is 3.89. The third-order valence-electron chi connectivity index (χ3n) is 4.52. The van der Waals surface area contributed by atoms with Crippen molar-refractivity contribution in [3.8, 4) is 0 Å². The molecule has 1 aromatic heterocycles. The van der Waals surface area contributed by atoms with E-state index < -0.39 is 12.1 Å². The third-order valence-corrected chi connectivity index (χ3v) is 4.52. The van der Waals surface area contributed by atoms with E-state index in [1.54, 1.807) is 6.20 Å². The summed E-state index contributed by atoms with van der Waals surface area (Å²) in [7, 11) is 1.83. The number of pyridine rings is 1. The summed E-state index contributed by atoms with van der Waals surface area (Å²) in [5.74, 6) is -1.07. The molecule has 5 heteroatoms. The van der Waals surface area contributed by atoms with Crippen LogP contribution < -0.4 is 5.32 Å². The van der Waals surface area contributed by atoms with Crippen molar-refractivity contribution >= 4 is 0 Å². The topological polar surface area (TPSA) is 24.9 Å². The van der Waals surface area contributed by atoms with Gasteiger partial charge < -0.3 is 5.32 Å². The minimum atomic E-state index is -4.06. The van der Waals surface area contributed by atoms with E-state index in [1.807, 2.05) is 26.1 Å². The maximum Gasteiger partial charge on any atom is 0.391 e. The number of rotatable bonds is 4. The molecule has 0 amide bonds. The van der Waals surface area contributed by atoms with Gasteiger partial charge in [-0.2, -0.15) is 13.2 Å². The molecule has 3 unspecified atom stereocenters. The quantitative estimate of drug-likeness (QED) is 0.912. The number of aryl methyl sites for hydroxylation is 1. The van der Waals surface area contributed by atoms with Crippen molar-refractivity contribution in [2.75, 3.05) is 7.05 Å². The fraction of sp³-hybridized carbons (Fsp3) is 0.688. The zero-order valence-electron chi connectivity index (χ0n) is 12.6. The molecule has 0 saturated heterocycles. The van der Waals surface area contributed by atoms with Crippen molar-refractivity contribution in [1.29, 1.82) is 0 Å². The Balaban J connectivity index is 2.01. The first-order chi connectivity index (χ1) is 9.90. The van der Waals surface area contributed by atoms with Gasteiger partial charge in [0.05, 0.1) is 5.92 Å². The average molecular weight is 300 g/mol. The molecule has 0 aromatic carbocycles. The molecular formula is C16H23F3N2. The lowest BCUT2D eigenvalue weighted by Crippen LogP contribution is -2.40. The second-order valence-electron chi connectivity index (χ2n) is 6.09. The summed E-state index contributed by atoms with van der Waals surface area (Å²) in [6, 6.07) is 4.02. The number of halogens is 3. The van der Waals surface area contributed by atoms with E-state index in [-0.39, 0.29) is 24.8 Å². The highest BCUT2D eigenvalue weighted by Gasteiger charge is 2.43. The molecule has 3 atom stereocenters. The lowest BCUT2D eigenvalue weighted by molar-refractivity contribution is -0.186. The summed E-state index contributed by atoms with van der Waals surface area (Å²) in [5, 5.41) is 3.20. The number of alkyl halides is 3. The minimum absolute atomic E-state index is 0.0605. The van der Waals surface area contributed by atoms with Crippen LogP contribution in [0.25, 0.3) is 0 Å². The molecule has 0 spiro atoms. The Hall–Kier alpha value is -1.10. The van der Waals surface area contributed by atoms with E-state index in [1.165, 1.54) is 0 Å². The minimum Gasteiger partial charge on any atom is -0.316 e. The highest BCUT2D eigenvalue weighted by atomic mass is 19.4. The predicted molar refractivity (Wildman–Crippen MR) is 77.0 cm³/mol. The van der Waals surface area contributed by atoms with Gasteiger partial charge in [0.1, 0.15) is 0 Å². The first kappa shape index (κ1) is 16.3. The first-order valence-corrected chi connectivity index (χ1v) is 7.55. The van der Waals surface area contributed by atoms with Gasteiger partial charge >= 0.3 is 6.18 Å². The fourth-order valence-electron chi connectivity index (χ4n) is 3.24. The number of nitrogens with one attached hydrogen (secondary N) is 1. The third kappa shape index (κ3) is 4.43. The van der Waals surface area contributed by atoms with E-state index in [2.05, 4.69) is 10.3 Å². The van der Waals surface area contributed by atoms with Crippen molar-refractivity contribution in [2.45, 2.75) is 51.2 Å². The molecule has 1 aromatic rings. The second kappa shape index (κ2) is 6.77. The number of hydrogen-bond acceptors (Lipinski definition) is 2. The Bertz CT molecular complexity index is 442. The van der Waals surface area contributed by atoms with Gasteiger partial charge in [-0.15, -0.1) is 0 Å². The van der Waals surface area contributed by atoms with Gasteiger partial charge in [-0.3, -0.25) is 4.98 Å². The van der Waals surface area contributed by atoms with Crippen molar-refractivity contribution in [3.05, 3.63) is 29.6 Å². The Morgan fingerprint density at radius 3 is 2.67 bits per heavy atom. The van der Waals surface area contributed by atoms with E-state index in [4.69, 9.17) is 0 Å². The molecule has 118 valence electrons. The monoisotopic (exact) mass is 300 g/mol. The second-order valence-corrected chi connectivity index (χ2v) is 6.09. The Kier molecular flexibility index (Phi) is 5.25. The van der Waals surface area contributed by atoms with Crippen LogP contribution in [0.15, 0.2) is 18.3 Å². The van der Waals surface area contributed by atoms with Crippen molar-refractivity contribution in [3.63, 3.8) is 0 Å². The number of hydrogen-bond donors (Lipinski definition) is 1. The van der Waals surface area contributed by atoms with Crippen LogP contribution in [0.1, 0.15) is 36.9 Å². The lowest BCUT2D eigenvalue weighted by atomic mass is 9.76. The molecule has 21 heavy (non-hydrogen) atoms. The molecule has 0 radical (unpaired) electrons. The van der Waals surface area contributed by atoms with Gasteiger partial charge in [0.2, 0.25) is 0 Å². The SMILES string of the molecule is CNC(Cc1ccc(C)cn1)C1CCCC(C(F)(F)F)C1. The molecule has 1 heterocycles. The summed E-state index contributed by atoms with van der Waals surface area (Å²) in [6.07, 6.45) is 0.477. The average Bonchev–Trinajstić information content (AvgIpc) is 2.46. The van der Waals surface area contributed by atoms with Crippen LogP contribution in [-0.4, -0.2) is 24.2 Å². The maximum atomic E-state index is 12.9. The van der Waals surface area contributed by atoms with Crippen molar-refractivity contribution < 1.29 is 13.2 Å². The largest absolute Gasteiger partial charge is 0.391 e. The highest BCUT2D eigenvalue weighted by molar-refractivity contribution is 5.13. The summed E-state index contributed by atoms with van der Waals surface area (Å²) >= 11 is 0. The number of aromatic nitrogens is 1. The van der Waals surface area contributed by atoms with Crippen molar-refractivity contribution in [1.82, 2.24) is 10.3 Å². The molecule has 0 bridgehead atoms. The molecule has 1 N–H and O–H groups in total. The van der Waals surface area contributed by atoms with Crippen LogP contribution >= 0.6 is 0 Å². The van der Waals surface area contributed by atoms with Crippen LogP contribution in [-0.2, 0) is 6.42 Å². The van der Waals surface area contributed by atoms with E-state index in [9.17, 15) is 13.2 Å². The first-order valence-electron chi connectivity index (χ1n) is 7.55. The van der Waals surface area contributed by atoms with E-state index >= 15 is 0 Å². The van der Waals surface area contributed by atoms with E-state index in [0.29, 0.717) is 12.8 Å². The molecule has 1 aliphatic carbocycles. The lowest BCUT2D eigenvalue weighted by Gasteiger charge is -2.35. The molecule has 1 aliphatic rings. The maximum absolute atomic E-state index is 12.9. The molecule has 0 aliphatic heterocycles.